The summed E-state index contributed by atoms with van der Waals surface area (Å²) in [6.45, 7) is 2.61. The van der Waals surface area contributed by atoms with Crippen molar-refractivity contribution < 1.29 is 19.1 Å². The van der Waals surface area contributed by atoms with Gasteiger partial charge in [0.1, 0.15) is 17.4 Å². The van der Waals surface area contributed by atoms with E-state index >= 15 is 0 Å². The summed E-state index contributed by atoms with van der Waals surface area (Å²) in [7, 11) is 3.13. The minimum Gasteiger partial charge on any atom is -0.493 e. The van der Waals surface area contributed by atoms with E-state index in [0.29, 0.717) is 54.7 Å². The molecule has 0 bridgehead atoms. The van der Waals surface area contributed by atoms with E-state index in [-0.39, 0.29) is 11.6 Å². The van der Waals surface area contributed by atoms with Crippen LogP contribution >= 0.6 is 0 Å². The summed E-state index contributed by atoms with van der Waals surface area (Å²) in [6.07, 6.45) is 6.49. The molecule has 5 rings (SSSR count). The molecule has 2 aliphatic heterocycles. The first-order valence-electron chi connectivity index (χ1n) is 13.4. The average molecular weight is 566 g/mol. The highest BCUT2D eigenvalue weighted by atomic mass is 16.5. The number of nitrogens with one attached hydrogen (secondary N) is 3. The number of carbonyl (C=O) groups is 2. The first-order chi connectivity index (χ1) is 20.4. The Morgan fingerprint density at radius 1 is 0.976 bits per heavy atom. The van der Waals surface area contributed by atoms with Crippen LogP contribution in [0.15, 0.2) is 89.8 Å². The SMILES string of the molecule is COc1ccc(C2=CC=N/C(=C/C(=N)C(=O)Nc3ccc(C(=O)N4CCN(c5ccccn5)CC4)cc3)N2)cc1OC. The monoisotopic (exact) mass is 565 g/mol. The first kappa shape index (κ1) is 28.1. The van der Waals surface area contributed by atoms with Gasteiger partial charge >= 0.3 is 0 Å². The molecule has 1 fully saturated rings. The third kappa shape index (κ3) is 6.47. The molecule has 0 unspecified atom stereocenters. The Morgan fingerprint density at radius 2 is 1.74 bits per heavy atom. The zero-order valence-electron chi connectivity index (χ0n) is 23.3. The maximum Gasteiger partial charge on any atom is 0.273 e. The van der Waals surface area contributed by atoms with Crippen molar-refractivity contribution in [1.82, 2.24) is 15.2 Å². The Bertz CT molecular complexity index is 1560. The summed E-state index contributed by atoms with van der Waals surface area (Å²) in [4.78, 5) is 38.3. The van der Waals surface area contributed by atoms with Crippen LogP contribution in [0.4, 0.5) is 11.5 Å². The molecule has 11 nitrogen and oxygen atoms in total. The highest BCUT2D eigenvalue weighted by Gasteiger charge is 2.23. The molecule has 0 saturated carbocycles. The molecule has 1 saturated heterocycles. The molecule has 1 aromatic heterocycles. The number of allylic oxidation sites excluding steroid dienone is 1. The summed E-state index contributed by atoms with van der Waals surface area (Å²) in [5, 5.41) is 14.1. The number of ether oxygens (including phenoxy) is 2. The summed E-state index contributed by atoms with van der Waals surface area (Å²) in [6, 6.07) is 18.0. The van der Waals surface area contributed by atoms with Gasteiger partial charge < -0.3 is 29.9 Å². The second-order valence-corrected chi connectivity index (χ2v) is 9.50. The number of anilines is 2. The fraction of sp³-hybridized carbons (Fsp3) is 0.194. The van der Waals surface area contributed by atoms with Crippen LogP contribution in [0.2, 0.25) is 0 Å². The standard InChI is InChI=1S/C31H31N7O4/c1-41-26-11-8-22(19-27(26)42-2)25-12-14-33-28(36-25)20-24(32)30(39)35-23-9-6-21(7-10-23)31(40)38-17-15-37(16-18-38)29-5-3-4-13-34-29/h3-14,19-20,32,36H,15-18H2,1-2H3,(H,35,39)/b28-20-,32-24?. The van der Waals surface area contributed by atoms with Crippen molar-refractivity contribution in [1.29, 1.82) is 5.41 Å². The molecule has 2 aromatic carbocycles. The predicted octanol–water partition coefficient (Wildman–Crippen LogP) is 3.58. The molecule has 3 heterocycles. The zero-order chi connectivity index (χ0) is 29.5. The third-order valence-electron chi connectivity index (χ3n) is 6.87. The molecule has 0 aliphatic carbocycles. The van der Waals surface area contributed by atoms with Crippen LogP contribution in [0.5, 0.6) is 11.5 Å². The van der Waals surface area contributed by atoms with Crippen molar-refractivity contribution >= 4 is 40.9 Å². The van der Waals surface area contributed by atoms with Crippen molar-refractivity contribution in [2.75, 3.05) is 50.6 Å². The van der Waals surface area contributed by atoms with Crippen molar-refractivity contribution in [3.05, 3.63) is 96.0 Å². The third-order valence-corrected chi connectivity index (χ3v) is 6.87. The highest BCUT2D eigenvalue weighted by molar-refractivity contribution is 6.46. The van der Waals surface area contributed by atoms with Crippen LogP contribution in [0.1, 0.15) is 15.9 Å². The Morgan fingerprint density at radius 3 is 2.43 bits per heavy atom. The number of piperazine rings is 1. The van der Waals surface area contributed by atoms with E-state index in [9.17, 15) is 9.59 Å². The van der Waals surface area contributed by atoms with Gasteiger partial charge in [-0.1, -0.05) is 6.07 Å². The van der Waals surface area contributed by atoms with Gasteiger partial charge in [0, 0.05) is 67.2 Å². The lowest BCUT2D eigenvalue weighted by Gasteiger charge is -2.35. The van der Waals surface area contributed by atoms with Crippen molar-refractivity contribution in [2.24, 2.45) is 4.99 Å². The van der Waals surface area contributed by atoms with Crippen LogP contribution in [-0.4, -0.2) is 74.0 Å². The maximum absolute atomic E-state index is 13.0. The van der Waals surface area contributed by atoms with Crippen molar-refractivity contribution in [3.63, 3.8) is 0 Å². The number of pyridine rings is 1. The molecule has 0 radical (unpaired) electrons. The summed E-state index contributed by atoms with van der Waals surface area (Å²) in [5.41, 5.74) is 2.28. The summed E-state index contributed by atoms with van der Waals surface area (Å²) < 4.78 is 10.7. The van der Waals surface area contributed by atoms with Crippen LogP contribution in [-0.2, 0) is 4.79 Å². The molecule has 0 spiro atoms. The van der Waals surface area contributed by atoms with Gasteiger partial charge in [-0.15, -0.1) is 0 Å². The van der Waals surface area contributed by atoms with Gasteiger partial charge in [-0.2, -0.15) is 0 Å². The number of nitrogens with zero attached hydrogens (tertiary/aromatic N) is 4. The lowest BCUT2D eigenvalue weighted by Crippen LogP contribution is -2.49. The molecule has 11 heteroatoms. The number of hydrogen-bond acceptors (Lipinski definition) is 9. The quantitative estimate of drug-likeness (QED) is 0.356. The fourth-order valence-electron chi connectivity index (χ4n) is 4.61. The average Bonchev–Trinajstić information content (AvgIpc) is 3.05. The Hall–Kier alpha value is -5.45. The van der Waals surface area contributed by atoms with E-state index in [0.717, 1.165) is 17.1 Å². The molecule has 3 aromatic rings. The number of rotatable bonds is 8. The fourth-order valence-corrected chi connectivity index (χ4v) is 4.61. The molecule has 3 N–H and O–H groups in total. The van der Waals surface area contributed by atoms with Gasteiger partial charge in [0.2, 0.25) is 0 Å². The Balaban J connectivity index is 1.15. The van der Waals surface area contributed by atoms with Gasteiger partial charge in [-0.25, -0.2) is 9.98 Å². The zero-order valence-corrected chi connectivity index (χ0v) is 23.3. The second-order valence-electron chi connectivity index (χ2n) is 9.50. The number of hydrogen-bond donors (Lipinski definition) is 3. The molecule has 2 aliphatic rings. The molecular weight excluding hydrogens is 534 g/mol. The van der Waals surface area contributed by atoms with Gasteiger partial charge in [0.05, 0.1) is 14.2 Å². The molecule has 0 atom stereocenters. The van der Waals surface area contributed by atoms with Gasteiger partial charge in [-0.05, 0) is 60.7 Å². The number of aliphatic imine (C=N–C) groups is 1. The summed E-state index contributed by atoms with van der Waals surface area (Å²) >= 11 is 0. The lowest BCUT2D eigenvalue weighted by molar-refractivity contribution is -0.110. The second kappa shape index (κ2) is 12.8. The molecule has 2 amide bonds. The van der Waals surface area contributed by atoms with Crippen LogP contribution < -0.4 is 25.0 Å². The van der Waals surface area contributed by atoms with E-state index in [1.54, 1.807) is 63.0 Å². The van der Waals surface area contributed by atoms with Crippen molar-refractivity contribution in [2.45, 2.75) is 0 Å². The van der Waals surface area contributed by atoms with Crippen molar-refractivity contribution in [3.8, 4) is 11.5 Å². The maximum atomic E-state index is 13.0. The number of amides is 2. The van der Waals surface area contributed by atoms with E-state index in [1.165, 1.54) is 6.08 Å². The summed E-state index contributed by atoms with van der Waals surface area (Å²) in [5.74, 6) is 1.77. The number of aromatic nitrogens is 1. The van der Waals surface area contributed by atoms with Gasteiger partial charge in [-0.3, -0.25) is 15.0 Å². The van der Waals surface area contributed by atoms with Crippen LogP contribution in [0, 0.1) is 5.41 Å². The van der Waals surface area contributed by atoms with E-state index < -0.39 is 5.91 Å². The largest absolute Gasteiger partial charge is 0.493 e. The topological polar surface area (TPSA) is 132 Å². The van der Waals surface area contributed by atoms with E-state index in [1.807, 2.05) is 35.2 Å². The highest BCUT2D eigenvalue weighted by Crippen LogP contribution is 2.30. The molecule has 42 heavy (non-hydrogen) atoms. The van der Waals surface area contributed by atoms with E-state index in [4.69, 9.17) is 14.9 Å². The van der Waals surface area contributed by atoms with Crippen LogP contribution in [0.3, 0.4) is 0 Å². The van der Waals surface area contributed by atoms with Gasteiger partial charge in [0.15, 0.2) is 11.5 Å². The molecular formula is C31H31N7O4. The van der Waals surface area contributed by atoms with E-state index in [2.05, 4.69) is 25.5 Å². The van der Waals surface area contributed by atoms with Crippen LogP contribution in [0.25, 0.3) is 5.70 Å². The Kier molecular flexibility index (Phi) is 8.57. The smallest absolute Gasteiger partial charge is 0.273 e. The Labute approximate surface area is 243 Å². The predicted molar refractivity (Wildman–Crippen MR) is 162 cm³/mol. The van der Waals surface area contributed by atoms with Gasteiger partial charge in [0.25, 0.3) is 11.8 Å². The minimum atomic E-state index is -0.605. The lowest BCUT2D eigenvalue weighted by atomic mass is 10.1. The number of carbonyl (C=O) groups excluding carboxylic acids is 2. The molecule has 214 valence electrons. The number of benzene rings is 2. The first-order valence-corrected chi connectivity index (χ1v) is 13.4. The normalized spacial score (nSPS) is 15.5. The minimum absolute atomic E-state index is 0.0643. The number of methoxy groups -OCH3 is 2.